The molecule has 0 spiro atoms. The van der Waals surface area contributed by atoms with Gasteiger partial charge in [-0.05, 0) is 124 Å². The Bertz CT molecular complexity index is 2340. The van der Waals surface area contributed by atoms with Gasteiger partial charge < -0.3 is 44.8 Å². The minimum Gasteiger partial charge on any atom is -0.493 e. The quantitative estimate of drug-likeness (QED) is 0.0224. The number of thiazole rings is 1. The van der Waals surface area contributed by atoms with Crippen molar-refractivity contribution in [2.45, 2.75) is 104 Å². The van der Waals surface area contributed by atoms with Crippen LogP contribution in [0.3, 0.4) is 0 Å². The van der Waals surface area contributed by atoms with E-state index in [0.717, 1.165) is 102 Å². The molecule has 15 nitrogen and oxygen atoms in total. The fourth-order valence-electron chi connectivity index (χ4n) is 7.00. The van der Waals surface area contributed by atoms with E-state index in [1.165, 1.54) is 5.56 Å². The number of hydroxylamine groups is 1. The number of aromatic nitrogens is 2. The molecule has 1 unspecified atom stereocenters. The molecule has 2 fully saturated rings. The number of benzene rings is 3. The van der Waals surface area contributed by atoms with Crippen molar-refractivity contribution in [2.75, 3.05) is 46.9 Å². The summed E-state index contributed by atoms with van der Waals surface area (Å²) in [6, 6.07) is 21.6. The first kappa shape index (κ1) is 54.9. The van der Waals surface area contributed by atoms with Crippen LogP contribution in [0.5, 0.6) is 11.5 Å². The monoisotopic (exact) mass is 959 g/mol. The summed E-state index contributed by atoms with van der Waals surface area (Å²) in [5, 5.41) is 21.5. The number of nitrogens with zero attached hydrogens (tertiary/aromatic N) is 4. The molecule has 3 aromatic carbocycles. The SMILES string of the molecule is CC(C)(C)CC=O.CN1CCC(O)C1.Cc1ncsc1-c1ccc(CNC=O)c(OCCCCCN(C)Cc2ccc(OCCn3ccc4ccc(C(=O)NO)cc43)cc2)c1.NC(=O)C1(F)CC1. The van der Waals surface area contributed by atoms with Gasteiger partial charge in [0.05, 0.1) is 35.3 Å². The molecule has 1 saturated carbocycles. The van der Waals surface area contributed by atoms with Gasteiger partial charge in [-0.3, -0.25) is 19.6 Å². The van der Waals surface area contributed by atoms with Crippen molar-refractivity contribution in [2.24, 2.45) is 11.1 Å². The van der Waals surface area contributed by atoms with Gasteiger partial charge in [-0.25, -0.2) is 14.9 Å². The van der Waals surface area contributed by atoms with Gasteiger partial charge in [0.2, 0.25) is 6.41 Å². The van der Waals surface area contributed by atoms with Crippen LogP contribution < -0.4 is 26.0 Å². The number of aliphatic hydroxyl groups is 1. The second kappa shape index (κ2) is 27.3. The lowest BCUT2D eigenvalue weighted by Gasteiger charge is -2.17. The van der Waals surface area contributed by atoms with Crippen molar-refractivity contribution < 1.29 is 43.4 Å². The fourth-order valence-corrected chi connectivity index (χ4v) is 7.80. The maximum absolute atomic E-state index is 12.1. The van der Waals surface area contributed by atoms with Gasteiger partial charge >= 0.3 is 0 Å². The number of fused-ring (bicyclic) bond motifs is 1. The summed E-state index contributed by atoms with van der Waals surface area (Å²) in [6.45, 7) is 14.0. The number of halogens is 1. The third-order valence-corrected chi connectivity index (χ3v) is 12.2. The van der Waals surface area contributed by atoms with E-state index >= 15 is 0 Å². The van der Waals surface area contributed by atoms with Crippen molar-refractivity contribution in [1.82, 2.24) is 30.1 Å². The first-order valence-corrected chi connectivity index (χ1v) is 23.9. The summed E-state index contributed by atoms with van der Waals surface area (Å²) in [4.78, 5) is 52.3. The van der Waals surface area contributed by atoms with Crippen molar-refractivity contribution in [3.05, 3.63) is 101 Å². The summed E-state index contributed by atoms with van der Waals surface area (Å²) in [5.74, 6) is 0.266. The Balaban J connectivity index is 0.000000391. The number of aldehydes is 1. The zero-order chi connectivity index (χ0) is 49.7. The van der Waals surface area contributed by atoms with Crippen LogP contribution in [-0.4, -0.2) is 113 Å². The highest BCUT2D eigenvalue weighted by Gasteiger charge is 2.49. The van der Waals surface area contributed by atoms with Gasteiger partial charge in [0.1, 0.15) is 24.4 Å². The summed E-state index contributed by atoms with van der Waals surface area (Å²) >= 11 is 1.61. The molecule has 2 aromatic heterocycles. The Labute approximate surface area is 403 Å². The molecule has 5 aromatic rings. The number of hydrogen-bond donors (Lipinski definition) is 5. The molecule has 1 aliphatic heterocycles. The van der Waals surface area contributed by atoms with Crippen LogP contribution in [0.15, 0.2) is 78.4 Å². The van der Waals surface area contributed by atoms with E-state index in [1.54, 1.807) is 28.9 Å². The number of carbonyl (C=O) groups is 4. The summed E-state index contributed by atoms with van der Waals surface area (Å²) in [5.41, 5.74) is 12.3. The third-order valence-electron chi connectivity index (χ3n) is 11.2. The van der Waals surface area contributed by atoms with E-state index in [4.69, 9.17) is 19.8 Å². The molecule has 1 saturated heterocycles. The number of rotatable bonds is 20. The largest absolute Gasteiger partial charge is 0.493 e. The van der Waals surface area contributed by atoms with E-state index in [0.29, 0.717) is 57.5 Å². The van der Waals surface area contributed by atoms with Crippen LogP contribution in [0.1, 0.15) is 92.9 Å². The van der Waals surface area contributed by atoms with Crippen molar-refractivity contribution >= 4 is 46.8 Å². The van der Waals surface area contributed by atoms with Crippen LogP contribution in [0.4, 0.5) is 4.39 Å². The first-order chi connectivity index (χ1) is 32.4. The maximum Gasteiger partial charge on any atom is 0.274 e. The van der Waals surface area contributed by atoms with Crippen LogP contribution in [0, 0.1) is 12.3 Å². The van der Waals surface area contributed by atoms with E-state index in [9.17, 15) is 23.6 Å². The number of primary amides is 1. The molecular formula is C51H70FN7O8S. The molecule has 0 bridgehead atoms. The van der Waals surface area contributed by atoms with Crippen molar-refractivity contribution in [3.63, 3.8) is 0 Å². The molecule has 0 radical (unpaired) electrons. The Hall–Kier alpha value is -5.72. The standard InChI is InChI=1S/C36H41N5O5S.C6H12O.C5H11NO.C4H6FNO/c1-26-35(47-25-38-26)29-9-11-31(22-37-24-42)34(21-29)46-18-5-3-4-15-40(2)23-27-6-12-32(13-7-27)45-19-17-41-16-14-28-8-10-30(20-33(28)41)36(43)39-44;1-6(2,3)4-5-7;1-6-3-2-5(7)4-6;5-4(1-2-4)3(6)7/h6-14,16,20-21,24-25,44H,3-5,15,17-19,22-23H2,1-2H3,(H,37,42)(H,39,43);5H,4H2,1-3H3;5,7H,2-4H2,1H3;1-2H2,(H2,6,7). The van der Waals surface area contributed by atoms with Gasteiger partial charge in [-0.15, -0.1) is 11.3 Å². The molecular weight excluding hydrogens is 890 g/mol. The Kier molecular flexibility index (Phi) is 22.0. The van der Waals surface area contributed by atoms with Crippen LogP contribution in [0.25, 0.3) is 21.3 Å². The zero-order valence-electron chi connectivity index (χ0n) is 40.3. The number of β-amino-alcohol motifs (C(OH)–C–C–N with tert-alkyl or cyclic N) is 1. The topological polar surface area (TPSA) is 202 Å². The maximum atomic E-state index is 12.1. The molecule has 7 rings (SSSR count). The normalized spacial score (nSPS) is 14.9. The van der Waals surface area contributed by atoms with E-state index in [1.807, 2.05) is 81.3 Å². The van der Waals surface area contributed by atoms with Crippen LogP contribution in [0.2, 0.25) is 0 Å². The molecule has 68 heavy (non-hydrogen) atoms. The molecule has 17 heteroatoms. The van der Waals surface area contributed by atoms with Gasteiger partial charge in [-0.1, -0.05) is 51.1 Å². The minimum absolute atomic E-state index is 0.0509. The summed E-state index contributed by atoms with van der Waals surface area (Å²) < 4.78 is 26.4. The van der Waals surface area contributed by atoms with Crippen LogP contribution in [-0.2, 0) is 34.0 Å². The second-order valence-corrected chi connectivity index (χ2v) is 19.3. The number of amides is 3. The molecule has 370 valence electrons. The zero-order valence-corrected chi connectivity index (χ0v) is 41.2. The Morgan fingerprint density at radius 3 is 2.32 bits per heavy atom. The van der Waals surface area contributed by atoms with Gasteiger partial charge in [0.25, 0.3) is 11.8 Å². The average Bonchev–Trinajstić information content (AvgIpc) is 3.54. The number of nitrogens with one attached hydrogen (secondary N) is 2. The lowest BCUT2D eigenvalue weighted by atomic mass is 9.93. The van der Waals surface area contributed by atoms with Gasteiger partial charge in [-0.2, -0.15) is 0 Å². The van der Waals surface area contributed by atoms with E-state index < -0.39 is 17.5 Å². The smallest absolute Gasteiger partial charge is 0.274 e. The predicted molar refractivity (Wildman–Crippen MR) is 265 cm³/mol. The Morgan fingerprint density at radius 2 is 1.78 bits per heavy atom. The number of carbonyl (C=O) groups excluding carboxylic acids is 4. The molecule has 3 amide bonds. The number of aliphatic hydroxyl groups excluding tert-OH is 1. The number of likely N-dealkylation sites (tertiary alicyclic amines) is 1. The molecule has 2 aliphatic rings. The number of hydrogen-bond acceptors (Lipinski definition) is 12. The Morgan fingerprint density at radius 1 is 1.03 bits per heavy atom. The number of ether oxygens (including phenoxy) is 2. The minimum atomic E-state index is -1.61. The lowest BCUT2D eigenvalue weighted by molar-refractivity contribution is -0.124. The highest BCUT2D eigenvalue weighted by molar-refractivity contribution is 7.13. The van der Waals surface area contributed by atoms with Crippen molar-refractivity contribution in [3.8, 4) is 21.9 Å². The number of alkyl halides is 1. The van der Waals surface area contributed by atoms with Crippen molar-refractivity contribution in [1.29, 1.82) is 0 Å². The number of aryl methyl sites for hydroxylation is 1. The molecule has 1 aliphatic carbocycles. The number of likely N-dealkylation sites (N-methyl/N-ethyl adjacent to an activating group) is 1. The third kappa shape index (κ3) is 18.8. The fraction of sp³-hybridized carbons (Fsp3) is 0.471. The van der Waals surface area contributed by atoms with Gasteiger partial charge in [0, 0.05) is 55.4 Å². The molecule has 6 N–H and O–H groups in total. The van der Waals surface area contributed by atoms with E-state index in [-0.39, 0.29) is 11.5 Å². The lowest BCUT2D eigenvalue weighted by Crippen LogP contribution is -2.25. The summed E-state index contributed by atoms with van der Waals surface area (Å²) in [6.07, 6.45) is 8.91. The molecule has 1 atom stereocenters. The van der Waals surface area contributed by atoms with Crippen LogP contribution >= 0.6 is 11.3 Å². The average molecular weight is 960 g/mol. The molecule has 3 heterocycles. The highest BCUT2D eigenvalue weighted by Crippen LogP contribution is 2.39. The predicted octanol–water partition coefficient (Wildman–Crippen LogP) is 7.48. The number of nitrogens with two attached hydrogens (primary N) is 1. The highest BCUT2D eigenvalue weighted by atomic mass is 32.1. The number of unbranched alkanes of at least 4 members (excludes halogenated alkanes) is 2. The van der Waals surface area contributed by atoms with Gasteiger partial charge in [0.15, 0.2) is 5.67 Å². The summed E-state index contributed by atoms with van der Waals surface area (Å²) in [7, 11) is 4.16. The van der Waals surface area contributed by atoms with E-state index in [2.05, 4.69) is 57.1 Å². The second-order valence-electron chi connectivity index (χ2n) is 18.4. The first-order valence-electron chi connectivity index (χ1n) is 23.0.